The second-order valence-electron chi connectivity index (χ2n) is 11.3. The van der Waals surface area contributed by atoms with Crippen molar-refractivity contribution >= 4 is 45.7 Å². The number of hydrogen-bond acceptors (Lipinski definition) is 7. The number of halogens is 3. The number of benzene rings is 1. The number of nitrogens with zero attached hydrogens (tertiary/aromatic N) is 3. The van der Waals surface area contributed by atoms with E-state index in [2.05, 4.69) is 20.6 Å². The van der Waals surface area contributed by atoms with Gasteiger partial charge in [0.25, 0.3) is 5.91 Å². The monoisotopic (exact) mass is 607 g/mol. The maximum Gasteiger partial charge on any atom is 0.433 e. The number of aromatic nitrogens is 2. The molecule has 0 spiro atoms. The topological polar surface area (TPSA) is 138 Å². The summed E-state index contributed by atoms with van der Waals surface area (Å²) in [5, 5.41) is 14.1. The predicted molar refractivity (Wildman–Crippen MR) is 165 cm³/mol. The van der Waals surface area contributed by atoms with E-state index < -0.39 is 11.9 Å². The van der Waals surface area contributed by atoms with Crippen LogP contribution in [0.25, 0.3) is 11.2 Å². The number of rotatable bonds is 11. The number of nitrogens with two attached hydrogens (primary N) is 1. The van der Waals surface area contributed by atoms with Gasteiger partial charge in [0.1, 0.15) is 11.5 Å². The van der Waals surface area contributed by atoms with E-state index in [1.165, 1.54) is 16.7 Å². The molecule has 12 heteroatoms. The molecule has 0 saturated heterocycles. The van der Waals surface area contributed by atoms with Gasteiger partial charge in [0.05, 0.1) is 29.8 Å². The molecule has 1 aliphatic heterocycles. The van der Waals surface area contributed by atoms with Gasteiger partial charge in [-0.15, -0.1) is 0 Å². The molecule has 1 saturated carbocycles. The number of amides is 1. The predicted octanol–water partition coefficient (Wildman–Crippen LogP) is 5.66. The Bertz CT molecular complexity index is 1640. The lowest BCUT2D eigenvalue weighted by atomic mass is 9.98. The molecule has 2 aliphatic rings. The van der Waals surface area contributed by atoms with Gasteiger partial charge in [-0.05, 0) is 80.5 Å². The van der Waals surface area contributed by atoms with Crippen molar-refractivity contribution in [3.8, 4) is 0 Å². The third kappa shape index (κ3) is 6.91. The third-order valence-corrected chi connectivity index (χ3v) is 8.14. The van der Waals surface area contributed by atoms with Crippen LogP contribution < -0.4 is 16.4 Å². The number of aliphatic imine (C=N–C) groups is 1. The third-order valence-electron chi connectivity index (χ3n) is 8.14. The van der Waals surface area contributed by atoms with Crippen molar-refractivity contribution in [2.45, 2.75) is 64.1 Å². The van der Waals surface area contributed by atoms with Gasteiger partial charge in [0, 0.05) is 47.9 Å². The van der Waals surface area contributed by atoms with Gasteiger partial charge in [-0.3, -0.25) is 19.0 Å². The molecule has 3 heterocycles. The minimum Gasteiger partial charge on any atom is -0.352 e. The maximum atomic E-state index is 13.7. The van der Waals surface area contributed by atoms with Crippen molar-refractivity contribution in [3.05, 3.63) is 65.6 Å². The van der Waals surface area contributed by atoms with Gasteiger partial charge in [-0.2, -0.15) is 13.2 Å². The number of allylic oxidation sites excluding steroid dienone is 1. The van der Waals surface area contributed by atoms with Crippen molar-refractivity contribution in [2.24, 2.45) is 16.6 Å². The normalized spacial score (nSPS) is 18.7. The Balaban J connectivity index is 1.24. The summed E-state index contributed by atoms with van der Waals surface area (Å²) >= 11 is 0. The lowest BCUT2D eigenvalue weighted by Crippen LogP contribution is -2.28. The number of aryl methyl sites for hydroxylation is 1. The Hall–Kier alpha value is -4.32. The van der Waals surface area contributed by atoms with E-state index in [1.807, 2.05) is 13.0 Å². The van der Waals surface area contributed by atoms with Crippen LogP contribution in [-0.4, -0.2) is 57.8 Å². The molecule has 232 valence electrons. The van der Waals surface area contributed by atoms with Gasteiger partial charge in [0.15, 0.2) is 5.65 Å². The fraction of sp³-hybridized carbons (Fsp3) is 0.406. The molecule has 0 unspecified atom stereocenters. The summed E-state index contributed by atoms with van der Waals surface area (Å²) in [6.45, 7) is 2.10. The zero-order valence-electron chi connectivity index (χ0n) is 24.5. The van der Waals surface area contributed by atoms with E-state index in [-0.39, 0.29) is 47.2 Å². The van der Waals surface area contributed by atoms with Crippen LogP contribution in [0.4, 0.5) is 24.5 Å². The van der Waals surface area contributed by atoms with Crippen molar-refractivity contribution < 1.29 is 22.8 Å². The summed E-state index contributed by atoms with van der Waals surface area (Å²) in [7, 11) is 0. The molecule has 0 radical (unpaired) electrons. The summed E-state index contributed by atoms with van der Waals surface area (Å²) in [5.41, 5.74) is 7.88. The number of anilines is 2. The fourth-order valence-corrected chi connectivity index (χ4v) is 5.86. The average molecular weight is 608 g/mol. The van der Waals surface area contributed by atoms with E-state index in [4.69, 9.17) is 11.1 Å². The van der Waals surface area contributed by atoms with Crippen LogP contribution in [-0.2, 0) is 11.2 Å². The minimum atomic E-state index is -4.67. The number of carbonyl (C=O) groups is 2. The fourth-order valence-electron chi connectivity index (χ4n) is 5.86. The molecule has 0 bridgehead atoms. The molecule has 5 N–H and O–H groups in total. The number of carbonyl (C=O) groups excluding carboxylic acids is 2. The highest BCUT2D eigenvalue weighted by Crippen LogP contribution is 2.32. The number of unbranched alkanes of at least 4 members (excludes halogenated alkanes) is 1. The molecule has 2 aromatic heterocycles. The molecule has 5 rings (SSSR count). The molecule has 1 amide bonds. The maximum absolute atomic E-state index is 13.7. The van der Waals surface area contributed by atoms with Crippen LogP contribution in [0.5, 0.6) is 0 Å². The molecule has 2 atom stereocenters. The van der Waals surface area contributed by atoms with Crippen molar-refractivity contribution in [1.29, 1.82) is 5.41 Å². The smallest absolute Gasteiger partial charge is 0.352 e. The standard InChI is InChI=1S/C32H36F3N7O2/c1-2-19-15-23(10-11-24(19)31(44)38-12-4-3-7-28(43)20-8-9-21(36)14-20)41-26-6-5-13-42-27(18-40-30(26)42)25-16-22(37)17-39-29(25)32(33,34)35/h5-6,10-11,13,15-16,18,20-21,37,41H,2-4,7-9,12,14,17,36H2,1H3,(H,38,44)/t20-,21-/m0/s1. The molecule has 9 nitrogen and oxygen atoms in total. The Kier molecular flexibility index (Phi) is 9.28. The number of imidazole rings is 1. The van der Waals surface area contributed by atoms with Crippen molar-refractivity contribution in [1.82, 2.24) is 14.7 Å². The molecule has 1 aliphatic carbocycles. The number of ketones is 1. The molecule has 44 heavy (non-hydrogen) atoms. The van der Waals surface area contributed by atoms with Crippen LogP contribution in [0.3, 0.4) is 0 Å². The number of dihydropyridines is 1. The number of pyridine rings is 1. The van der Waals surface area contributed by atoms with Crippen molar-refractivity contribution in [3.63, 3.8) is 0 Å². The Labute approximate surface area is 253 Å². The highest BCUT2D eigenvalue weighted by molar-refractivity contribution is 6.31. The molecule has 3 aromatic rings. The summed E-state index contributed by atoms with van der Waals surface area (Å²) in [4.78, 5) is 33.3. The zero-order valence-corrected chi connectivity index (χ0v) is 24.5. The molecule has 1 aromatic carbocycles. The van der Waals surface area contributed by atoms with Gasteiger partial charge in [-0.25, -0.2) is 4.98 Å². The summed E-state index contributed by atoms with van der Waals surface area (Å²) in [6, 6.07) is 8.97. The SMILES string of the molecule is CCc1cc(Nc2cccn3c(C4=CC(=N)CN=C4C(F)(F)F)cnc23)ccc1C(=O)NCCCCC(=O)[C@H]1CC[C@H](N)C1. The number of Topliss-reactive ketones (excluding diaryl/α,β-unsaturated/α-hetero) is 1. The largest absolute Gasteiger partial charge is 0.433 e. The van der Waals surface area contributed by atoms with Crippen molar-refractivity contribution in [2.75, 3.05) is 18.4 Å². The summed E-state index contributed by atoms with van der Waals surface area (Å²) in [6.07, 6.45) is 4.59. The first-order valence-corrected chi connectivity index (χ1v) is 14.9. The second kappa shape index (κ2) is 13.1. The number of alkyl halides is 3. The van der Waals surface area contributed by atoms with E-state index in [1.54, 1.807) is 30.5 Å². The van der Waals surface area contributed by atoms with Gasteiger partial charge < -0.3 is 21.8 Å². The lowest BCUT2D eigenvalue weighted by molar-refractivity contribution is -0.122. The molecular formula is C32H36F3N7O2. The highest BCUT2D eigenvalue weighted by Gasteiger charge is 2.40. The van der Waals surface area contributed by atoms with Crippen LogP contribution in [0.2, 0.25) is 0 Å². The van der Waals surface area contributed by atoms with Crippen LogP contribution in [0, 0.1) is 11.3 Å². The quantitative estimate of drug-likeness (QED) is 0.209. The van der Waals surface area contributed by atoms with E-state index in [9.17, 15) is 22.8 Å². The number of nitrogens with one attached hydrogen (secondary N) is 3. The van der Waals surface area contributed by atoms with Gasteiger partial charge >= 0.3 is 6.18 Å². The first-order chi connectivity index (χ1) is 21.0. The minimum absolute atomic E-state index is 0.0199. The highest BCUT2D eigenvalue weighted by atomic mass is 19.4. The lowest BCUT2D eigenvalue weighted by Gasteiger charge is -2.18. The summed E-state index contributed by atoms with van der Waals surface area (Å²) < 4.78 is 42.7. The Morgan fingerprint density at radius 3 is 2.73 bits per heavy atom. The first kappa shape index (κ1) is 31.1. The van der Waals surface area contributed by atoms with Crippen LogP contribution >= 0.6 is 0 Å². The first-order valence-electron chi connectivity index (χ1n) is 14.9. The Morgan fingerprint density at radius 2 is 2.00 bits per heavy atom. The van der Waals surface area contributed by atoms with Gasteiger partial charge in [-0.1, -0.05) is 6.92 Å². The van der Waals surface area contributed by atoms with Crippen LogP contribution in [0.1, 0.15) is 67.1 Å². The number of fused-ring (bicyclic) bond motifs is 1. The molecule has 1 fully saturated rings. The molecular weight excluding hydrogens is 571 g/mol. The van der Waals surface area contributed by atoms with Gasteiger partial charge in [0.2, 0.25) is 0 Å². The van der Waals surface area contributed by atoms with Crippen LogP contribution in [0.15, 0.2) is 53.8 Å². The van der Waals surface area contributed by atoms with E-state index >= 15 is 0 Å². The zero-order chi connectivity index (χ0) is 31.4. The number of hydrogen-bond donors (Lipinski definition) is 4. The van der Waals surface area contributed by atoms with E-state index in [0.717, 1.165) is 31.2 Å². The summed E-state index contributed by atoms with van der Waals surface area (Å²) in [5.74, 6) is 0.173. The second-order valence-corrected chi connectivity index (χ2v) is 11.3. The van der Waals surface area contributed by atoms with E-state index in [0.29, 0.717) is 48.4 Å². The Morgan fingerprint density at radius 1 is 1.18 bits per heavy atom. The average Bonchev–Trinajstić information content (AvgIpc) is 3.63.